The minimum atomic E-state index is 0.403. The minimum Gasteiger partial charge on any atom is -0.297 e. The molecule has 0 bridgehead atoms. The summed E-state index contributed by atoms with van der Waals surface area (Å²) in [6.45, 7) is 0. The average molecular weight is 144 g/mol. The molecule has 3 nitrogen and oxygen atoms in total. The van der Waals surface area contributed by atoms with Gasteiger partial charge in [0, 0.05) is 0 Å². The molecule has 0 spiro atoms. The molecule has 0 radical (unpaired) electrons. The van der Waals surface area contributed by atoms with E-state index >= 15 is 0 Å². The van der Waals surface area contributed by atoms with Gasteiger partial charge in [0.1, 0.15) is 0 Å². The van der Waals surface area contributed by atoms with Gasteiger partial charge in [-0.25, -0.2) is 5.84 Å². The topological polar surface area (TPSA) is 55.1 Å². The second-order valence-electron chi connectivity index (χ2n) is 2.41. The third-order valence-electron chi connectivity index (χ3n) is 1.57. The lowest BCUT2D eigenvalue weighted by Gasteiger charge is -2.05. The number of carbonyl (C=O) groups excluding carboxylic acids is 1. The summed E-state index contributed by atoms with van der Waals surface area (Å²) < 4.78 is 0. The lowest BCUT2D eigenvalue weighted by atomic mass is 10.0. The third kappa shape index (κ3) is 7.43. The lowest BCUT2D eigenvalue weighted by molar-refractivity contribution is -0.109. The van der Waals surface area contributed by atoms with Crippen LogP contribution in [0.15, 0.2) is 0 Å². The van der Waals surface area contributed by atoms with Crippen LogP contribution < -0.4 is 11.3 Å². The summed E-state index contributed by atoms with van der Waals surface area (Å²) >= 11 is 0. The number of carbonyl (C=O) groups is 1. The highest BCUT2D eigenvalue weighted by molar-refractivity contribution is 5.44. The molecule has 60 valence electrons. The molecule has 0 aromatic rings. The second kappa shape index (κ2) is 8.43. The normalized spacial score (nSPS) is 16.5. The molecule has 1 aliphatic carbocycles. The number of hydrogen-bond donors (Lipinski definition) is 2. The van der Waals surface area contributed by atoms with Crippen LogP contribution in [0.25, 0.3) is 0 Å². The van der Waals surface area contributed by atoms with E-state index in [-0.39, 0.29) is 0 Å². The van der Waals surface area contributed by atoms with Gasteiger partial charge < -0.3 is 0 Å². The summed E-state index contributed by atoms with van der Waals surface area (Å²) in [5.74, 6) is 4.41. The van der Waals surface area contributed by atoms with Gasteiger partial charge in [0.15, 0.2) is 0 Å². The van der Waals surface area contributed by atoms with Crippen LogP contribution in [0.3, 0.4) is 0 Å². The van der Waals surface area contributed by atoms with Gasteiger partial charge in [-0.15, -0.1) is 0 Å². The number of amides is 1. The van der Waals surface area contributed by atoms with Crippen molar-refractivity contribution in [1.82, 2.24) is 5.43 Å². The first kappa shape index (κ1) is 9.43. The summed E-state index contributed by atoms with van der Waals surface area (Å²) in [4.78, 5) is 8.94. The minimum absolute atomic E-state index is 0.403. The van der Waals surface area contributed by atoms with Gasteiger partial charge in [-0.1, -0.05) is 38.5 Å². The third-order valence-corrected chi connectivity index (χ3v) is 1.57. The molecular formula is C7H16N2O. The number of hydrogen-bond acceptors (Lipinski definition) is 2. The molecule has 3 N–H and O–H groups in total. The molecule has 1 saturated carbocycles. The molecule has 10 heavy (non-hydrogen) atoms. The Morgan fingerprint density at radius 2 is 1.20 bits per heavy atom. The molecule has 0 atom stereocenters. The Kier molecular flexibility index (Phi) is 7.95. The second-order valence-corrected chi connectivity index (χ2v) is 2.41. The molecule has 0 unspecified atom stereocenters. The van der Waals surface area contributed by atoms with Gasteiger partial charge in [0.2, 0.25) is 6.41 Å². The van der Waals surface area contributed by atoms with E-state index in [0.29, 0.717) is 6.41 Å². The zero-order valence-electron chi connectivity index (χ0n) is 6.31. The largest absolute Gasteiger partial charge is 0.297 e. The molecular weight excluding hydrogens is 128 g/mol. The fraction of sp³-hybridized carbons (Fsp3) is 0.857. The van der Waals surface area contributed by atoms with Gasteiger partial charge in [0.25, 0.3) is 0 Å². The average Bonchev–Trinajstić information content (AvgIpc) is 2.08. The standard InChI is InChI=1S/C6H12.CH4N2O/c1-2-4-6-5-3-1;2-3-1-4/h1-6H2;1H,2H2,(H,3,4). The van der Waals surface area contributed by atoms with Crippen molar-refractivity contribution < 1.29 is 4.79 Å². The quantitative estimate of drug-likeness (QED) is 0.249. The Labute approximate surface area is 62.0 Å². The van der Waals surface area contributed by atoms with Crippen LogP contribution in [0.4, 0.5) is 0 Å². The number of hydrazine groups is 1. The number of nitrogens with one attached hydrogen (secondary N) is 1. The highest BCUT2D eigenvalue weighted by Crippen LogP contribution is 2.15. The van der Waals surface area contributed by atoms with E-state index in [9.17, 15) is 0 Å². The number of nitrogens with two attached hydrogens (primary N) is 1. The van der Waals surface area contributed by atoms with Crippen molar-refractivity contribution in [2.24, 2.45) is 5.84 Å². The van der Waals surface area contributed by atoms with E-state index in [1.54, 1.807) is 5.43 Å². The van der Waals surface area contributed by atoms with Crippen molar-refractivity contribution >= 4 is 6.41 Å². The molecule has 0 heterocycles. The van der Waals surface area contributed by atoms with Gasteiger partial charge in [-0.3, -0.25) is 10.2 Å². The molecule has 0 aliphatic heterocycles. The highest BCUT2D eigenvalue weighted by Gasteiger charge is 1.95. The molecule has 1 amide bonds. The predicted octanol–water partition coefficient (Wildman–Crippen LogP) is 0.947. The van der Waals surface area contributed by atoms with Crippen LogP contribution in [-0.4, -0.2) is 6.41 Å². The van der Waals surface area contributed by atoms with Gasteiger partial charge in [0.05, 0.1) is 0 Å². The maximum absolute atomic E-state index is 8.94. The number of rotatable bonds is 1. The predicted molar refractivity (Wildman–Crippen MR) is 41.1 cm³/mol. The van der Waals surface area contributed by atoms with Gasteiger partial charge >= 0.3 is 0 Å². The van der Waals surface area contributed by atoms with E-state index in [0.717, 1.165) is 0 Å². The lowest BCUT2D eigenvalue weighted by Crippen LogP contribution is -2.18. The van der Waals surface area contributed by atoms with Gasteiger partial charge in [-0.05, 0) is 0 Å². The Balaban J connectivity index is 0.000000180. The summed E-state index contributed by atoms with van der Waals surface area (Å²) in [7, 11) is 0. The molecule has 1 aliphatic rings. The fourth-order valence-corrected chi connectivity index (χ4v) is 1.06. The monoisotopic (exact) mass is 144 g/mol. The highest BCUT2D eigenvalue weighted by atomic mass is 16.1. The van der Waals surface area contributed by atoms with Crippen LogP contribution in [0.1, 0.15) is 38.5 Å². The first-order chi connectivity index (χ1) is 4.91. The first-order valence-corrected chi connectivity index (χ1v) is 3.81. The van der Waals surface area contributed by atoms with Crippen molar-refractivity contribution in [3.63, 3.8) is 0 Å². The zero-order valence-corrected chi connectivity index (χ0v) is 6.31. The Bertz CT molecular complexity index is 60.5. The Morgan fingerprint density at radius 3 is 1.30 bits per heavy atom. The van der Waals surface area contributed by atoms with Crippen LogP contribution in [0.5, 0.6) is 0 Å². The molecule has 1 rings (SSSR count). The van der Waals surface area contributed by atoms with Crippen LogP contribution >= 0.6 is 0 Å². The van der Waals surface area contributed by atoms with Crippen molar-refractivity contribution in [3.8, 4) is 0 Å². The van der Waals surface area contributed by atoms with Crippen molar-refractivity contribution in [2.45, 2.75) is 38.5 Å². The summed E-state index contributed by atoms with van der Waals surface area (Å²) in [6, 6.07) is 0. The molecule has 0 aromatic heterocycles. The fourth-order valence-electron chi connectivity index (χ4n) is 1.06. The van der Waals surface area contributed by atoms with E-state index in [2.05, 4.69) is 5.84 Å². The zero-order chi connectivity index (χ0) is 7.66. The first-order valence-electron chi connectivity index (χ1n) is 3.81. The molecule has 1 fully saturated rings. The van der Waals surface area contributed by atoms with E-state index < -0.39 is 0 Å². The maximum Gasteiger partial charge on any atom is 0.221 e. The summed E-state index contributed by atoms with van der Waals surface area (Å²) in [5.41, 5.74) is 1.75. The van der Waals surface area contributed by atoms with E-state index in [4.69, 9.17) is 4.79 Å². The van der Waals surface area contributed by atoms with Crippen LogP contribution in [-0.2, 0) is 4.79 Å². The van der Waals surface area contributed by atoms with E-state index in [1.807, 2.05) is 0 Å². The summed E-state index contributed by atoms with van der Waals surface area (Å²) in [6.07, 6.45) is 9.40. The van der Waals surface area contributed by atoms with Gasteiger partial charge in [-0.2, -0.15) is 0 Å². The van der Waals surface area contributed by atoms with Crippen molar-refractivity contribution in [2.75, 3.05) is 0 Å². The Hall–Kier alpha value is -0.570. The Morgan fingerprint density at radius 1 is 1.00 bits per heavy atom. The molecule has 0 aromatic carbocycles. The summed E-state index contributed by atoms with van der Waals surface area (Å²) in [5, 5.41) is 0. The maximum atomic E-state index is 8.94. The van der Waals surface area contributed by atoms with E-state index in [1.165, 1.54) is 38.5 Å². The van der Waals surface area contributed by atoms with Crippen LogP contribution in [0, 0.1) is 0 Å². The van der Waals surface area contributed by atoms with Crippen LogP contribution in [0.2, 0.25) is 0 Å². The smallest absolute Gasteiger partial charge is 0.221 e. The SMILES string of the molecule is C1CCCCC1.NNC=O. The van der Waals surface area contributed by atoms with Crippen molar-refractivity contribution in [1.29, 1.82) is 0 Å². The molecule has 0 saturated heterocycles. The van der Waals surface area contributed by atoms with Crippen molar-refractivity contribution in [3.05, 3.63) is 0 Å². The molecule has 3 heteroatoms.